The molecule has 118 valence electrons. The number of benzene rings is 1. The standard InChI is InChI=1S/C13H15F4NO3/c1-9(19)18-7-12(14,13(15,16)17)10-3-5-11(6-4-10)21-8-20-2/h3-6H,7-8H2,1-2H3,(H,18,19)/t12-/m1/s1. The summed E-state index contributed by atoms with van der Waals surface area (Å²) in [6.07, 6.45) is -5.16. The summed E-state index contributed by atoms with van der Waals surface area (Å²) in [7, 11) is 1.39. The fourth-order valence-electron chi connectivity index (χ4n) is 1.55. The number of carbonyl (C=O) groups is 1. The van der Waals surface area contributed by atoms with Crippen LogP contribution in [0.4, 0.5) is 17.6 Å². The van der Waals surface area contributed by atoms with Crippen LogP contribution in [0, 0.1) is 0 Å². The minimum atomic E-state index is -5.16. The van der Waals surface area contributed by atoms with Gasteiger partial charge >= 0.3 is 6.18 Å². The van der Waals surface area contributed by atoms with E-state index in [0.29, 0.717) is 0 Å². The Morgan fingerprint density at radius 3 is 2.19 bits per heavy atom. The van der Waals surface area contributed by atoms with Gasteiger partial charge in [0, 0.05) is 19.6 Å². The monoisotopic (exact) mass is 309 g/mol. The Morgan fingerprint density at radius 2 is 1.76 bits per heavy atom. The molecule has 0 unspecified atom stereocenters. The first-order valence-electron chi connectivity index (χ1n) is 5.93. The van der Waals surface area contributed by atoms with Gasteiger partial charge in [0.25, 0.3) is 0 Å². The Hall–Kier alpha value is -1.83. The largest absolute Gasteiger partial charge is 0.468 e. The van der Waals surface area contributed by atoms with E-state index in [2.05, 4.69) is 4.74 Å². The van der Waals surface area contributed by atoms with E-state index in [1.165, 1.54) is 19.2 Å². The number of ether oxygens (including phenoxy) is 2. The van der Waals surface area contributed by atoms with Crippen molar-refractivity contribution < 1.29 is 31.8 Å². The van der Waals surface area contributed by atoms with Crippen molar-refractivity contribution in [2.45, 2.75) is 18.8 Å². The molecule has 1 amide bonds. The lowest BCUT2D eigenvalue weighted by atomic mass is 9.94. The highest BCUT2D eigenvalue weighted by Gasteiger charge is 2.57. The summed E-state index contributed by atoms with van der Waals surface area (Å²) in [6, 6.07) is 4.31. The maximum atomic E-state index is 14.4. The SMILES string of the molecule is COCOc1ccc([C@](F)(CNC(C)=O)C(F)(F)F)cc1. The van der Waals surface area contributed by atoms with E-state index in [1.54, 1.807) is 0 Å². The van der Waals surface area contributed by atoms with Gasteiger partial charge in [-0.15, -0.1) is 0 Å². The van der Waals surface area contributed by atoms with E-state index in [1.807, 2.05) is 5.32 Å². The summed E-state index contributed by atoms with van der Waals surface area (Å²) in [5.41, 5.74) is -4.29. The Balaban J connectivity index is 3.01. The molecule has 1 rings (SSSR count). The summed E-state index contributed by atoms with van der Waals surface area (Å²) in [6.45, 7) is -0.256. The lowest BCUT2D eigenvalue weighted by Crippen LogP contribution is -2.47. The van der Waals surface area contributed by atoms with Crippen LogP contribution in [-0.4, -0.2) is 32.5 Å². The molecule has 1 aromatic carbocycles. The molecule has 1 atom stereocenters. The van der Waals surface area contributed by atoms with Crippen LogP contribution in [0.25, 0.3) is 0 Å². The number of rotatable bonds is 6. The molecule has 21 heavy (non-hydrogen) atoms. The minimum Gasteiger partial charge on any atom is -0.468 e. The van der Waals surface area contributed by atoms with Gasteiger partial charge in [0.2, 0.25) is 11.6 Å². The van der Waals surface area contributed by atoms with Crippen LogP contribution in [0.15, 0.2) is 24.3 Å². The second-order valence-electron chi connectivity index (χ2n) is 4.28. The van der Waals surface area contributed by atoms with Crippen molar-refractivity contribution >= 4 is 5.91 Å². The second kappa shape index (κ2) is 6.75. The Morgan fingerprint density at radius 1 is 1.19 bits per heavy atom. The van der Waals surface area contributed by atoms with Crippen molar-refractivity contribution in [3.8, 4) is 5.75 Å². The molecule has 0 aromatic heterocycles. The predicted octanol–water partition coefficient (Wildman–Crippen LogP) is 2.53. The molecule has 8 heteroatoms. The lowest BCUT2D eigenvalue weighted by molar-refractivity contribution is -0.233. The zero-order chi connectivity index (χ0) is 16.1. The number of hydrogen-bond acceptors (Lipinski definition) is 3. The number of amides is 1. The molecule has 0 aliphatic rings. The first-order chi connectivity index (χ1) is 9.70. The predicted molar refractivity (Wildman–Crippen MR) is 66.5 cm³/mol. The fraction of sp³-hybridized carbons (Fsp3) is 0.462. The molecule has 0 fully saturated rings. The molecular weight excluding hydrogens is 294 g/mol. The molecular formula is C13H15F4NO3. The van der Waals surface area contributed by atoms with Crippen LogP contribution < -0.4 is 10.1 Å². The Kier molecular flexibility index (Phi) is 5.54. The van der Waals surface area contributed by atoms with Gasteiger partial charge in [-0.1, -0.05) is 12.1 Å². The van der Waals surface area contributed by atoms with E-state index >= 15 is 0 Å². The Labute approximate surface area is 119 Å². The van der Waals surface area contributed by atoms with Crippen molar-refractivity contribution in [3.63, 3.8) is 0 Å². The van der Waals surface area contributed by atoms with Crippen LogP contribution in [0.2, 0.25) is 0 Å². The molecule has 0 spiro atoms. The second-order valence-corrected chi connectivity index (χ2v) is 4.28. The molecule has 0 saturated carbocycles. The minimum absolute atomic E-state index is 0.0781. The van der Waals surface area contributed by atoms with Gasteiger partial charge in [-0.05, 0) is 12.1 Å². The maximum absolute atomic E-state index is 14.4. The summed E-state index contributed by atoms with van der Waals surface area (Å²) < 4.78 is 62.9. The summed E-state index contributed by atoms with van der Waals surface area (Å²) in [5, 5.41) is 1.85. The highest BCUT2D eigenvalue weighted by Crippen LogP contribution is 2.42. The number of hydrogen-bond donors (Lipinski definition) is 1. The molecule has 4 nitrogen and oxygen atoms in total. The van der Waals surface area contributed by atoms with Crippen molar-refractivity contribution in [2.24, 2.45) is 0 Å². The van der Waals surface area contributed by atoms with Gasteiger partial charge < -0.3 is 14.8 Å². The molecule has 0 saturated heterocycles. The van der Waals surface area contributed by atoms with Gasteiger partial charge in [0.1, 0.15) is 5.75 Å². The number of alkyl halides is 4. The molecule has 0 aliphatic heterocycles. The van der Waals surface area contributed by atoms with Gasteiger partial charge in [-0.25, -0.2) is 4.39 Å². The zero-order valence-corrected chi connectivity index (χ0v) is 11.5. The molecule has 0 heterocycles. The van der Waals surface area contributed by atoms with Gasteiger partial charge in [0.05, 0.1) is 6.54 Å². The maximum Gasteiger partial charge on any atom is 0.428 e. The number of halogens is 4. The number of nitrogens with one attached hydrogen (secondary N) is 1. The van der Waals surface area contributed by atoms with Crippen molar-refractivity contribution in [1.29, 1.82) is 0 Å². The summed E-state index contributed by atoms with van der Waals surface area (Å²) in [4.78, 5) is 10.7. The van der Waals surface area contributed by atoms with Crippen molar-refractivity contribution in [2.75, 3.05) is 20.4 Å². The van der Waals surface area contributed by atoms with E-state index < -0.39 is 29.9 Å². The zero-order valence-electron chi connectivity index (χ0n) is 11.5. The highest BCUT2D eigenvalue weighted by molar-refractivity contribution is 5.72. The van der Waals surface area contributed by atoms with Gasteiger partial charge in [-0.3, -0.25) is 4.79 Å². The van der Waals surface area contributed by atoms with Crippen LogP contribution in [0.5, 0.6) is 5.75 Å². The van der Waals surface area contributed by atoms with E-state index in [-0.39, 0.29) is 12.5 Å². The smallest absolute Gasteiger partial charge is 0.428 e. The van der Waals surface area contributed by atoms with Gasteiger partial charge in [0.15, 0.2) is 6.79 Å². The van der Waals surface area contributed by atoms with E-state index in [4.69, 9.17) is 4.74 Å². The molecule has 0 radical (unpaired) electrons. The van der Waals surface area contributed by atoms with E-state index in [9.17, 15) is 22.4 Å². The normalized spacial score (nSPS) is 14.4. The lowest BCUT2D eigenvalue weighted by Gasteiger charge is -2.28. The first-order valence-corrected chi connectivity index (χ1v) is 5.93. The van der Waals surface area contributed by atoms with Gasteiger partial charge in [-0.2, -0.15) is 13.2 Å². The van der Waals surface area contributed by atoms with Crippen LogP contribution >= 0.6 is 0 Å². The fourth-order valence-corrected chi connectivity index (χ4v) is 1.55. The molecule has 0 aliphatic carbocycles. The van der Waals surface area contributed by atoms with Crippen LogP contribution in [-0.2, 0) is 15.2 Å². The van der Waals surface area contributed by atoms with E-state index in [0.717, 1.165) is 19.1 Å². The highest BCUT2D eigenvalue weighted by atomic mass is 19.4. The summed E-state index contributed by atoms with van der Waals surface area (Å²) in [5.74, 6) is -0.508. The average molecular weight is 309 g/mol. The van der Waals surface area contributed by atoms with Crippen molar-refractivity contribution in [1.82, 2.24) is 5.32 Å². The van der Waals surface area contributed by atoms with Crippen molar-refractivity contribution in [3.05, 3.63) is 29.8 Å². The third kappa shape index (κ3) is 4.32. The first kappa shape index (κ1) is 17.2. The molecule has 0 bridgehead atoms. The summed E-state index contributed by atoms with van der Waals surface area (Å²) >= 11 is 0. The third-order valence-corrected chi connectivity index (χ3v) is 2.69. The molecule has 1 aromatic rings. The average Bonchev–Trinajstić information content (AvgIpc) is 2.41. The van der Waals surface area contributed by atoms with Crippen LogP contribution in [0.1, 0.15) is 12.5 Å². The Bertz CT molecular complexity index is 475. The third-order valence-electron chi connectivity index (χ3n) is 2.69. The van der Waals surface area contributed by atoms with Crippen LogP contribution in [0.3, 0.4) is 0 Å². The topological polar surface area (TPSA) is 47.6 Å². The number of carbonyl (C=O) groups excluding carboxylic acids is 1. The quantitative estimate of drug-likeness (QED) is 0.649. The number of methoxy groups -OCH3 is 1. The molecule has 1 N–H and O–H groups in total.